The zero-order valence-electron chi connectivity index (χ0n) is 12.4. The number of nitriles is 1. The number of nitrogens with two attached hydrogens (primary N) is 1. The molecule has 5 N–H and O–H groups in total. The van der Waals surface area contributed by atoms with E-state index in [1.165, 1.54) is 11.6 Å². The summed E-state index contributed by atoms with van der Waals surface area (Å²) >= 11 is 0.806. The molecule has 10 nitrogen and oxygen atoms in total. The van der Waals surface area contributed by atoms with Gasteiger partial charge in [0, 0.05) is 0 Å². The molecule has 0 aliphatic rings. The second-order valence-electron chi connectivity index (χ2n) is 4.51. The van der Waals surface area contributed by atoms with E-state index in [0.717, 1.165) is 23.5 Å². The molecular formula is C13H11N5O5S2. The first-order valence-electron chi connectivity index (χ1n) is 6.52. The van der Waals surface area contributed by atoms with E-state index in [2.05, 4.69) is 15.0 Å². The van der Waals surface area contributed by atoms with E-state index in [1.54, 1.807) is 6.07 Å². The summed E-state index contributed by atoms with van der Waals surface area (Å²) in [5.74, 6) is -1.92. The Balaban J connectivity index is 2.37. The van der Waals surface area contributed by atoms with Gasteiger partial charge in [-0.2, -0.15) is 5.26 Å². The second kappa shape index (κ2) is 7.26. The lowest BCUT2D eigenvalue weighted by Gasteiger charge is -2.10. The molecule has 0 aliphatic carbocycles. The van der Waals surface area contributed by atoms with Crippen molar-refractivity contribution in [3.8, 4) is 6.07 Å². The molecule has 2 rings (SSSR count). The number of nitrogens with one attached hydrogen (secondary N) is 2. The van der Waals surface area contributed by atoms with Crippen molar-refractivity contribution in [3.63, 3.8) is 0 Å². The molecule has 0 atom stereocenters. The molecule has 0 saturated heterocycles. The number of amides is 1. The third kappa shape index (κ3) is 4.10. The molecule has 0 radical (unpaired) electrons. The topological polar surface area (TPSA) is 175 Å². The quantitative estimate of drug-likeness (QED) is 0.556. The molecule has 0 spiro atoms. The summed E-state index contributed by atoms with van der Waals surface area (Å²) in [6.07, 6.45) is 0. The summed E-state index contributed by atoms with van der Waals surface area (Å²) in [6, 6.07) is 5.23. The summed E-state index contributed by atoms with van der Waals surface area (Å²) in [4.78, 5) is 25.6. The Kier molecular flexibility index (Phi) is 5.32. The zero-order valence-corrected chi connectivity index (χ0v) is 14.0. The number of carboxylic acids is 1. The minimum Gasteiger partial charge on any atom is -0.476 e. The first kappa shape index (κ1) is 18.3. The number of sulfonamides is 1. The van der Waals surface area contributed by atoms with Gasteiger partial charge in [-0.3, -0.25) is 9.52 Å². The number of benzene rings is 1. The normalized spacial score (nSPS) is 10.7. The van der Waals surface area contributed by atoms with Crippen molar-refractivity contribution < 1.29 is 23.1 Å². The van der Waals surface area contributed by atoms with Gasteiger partial charge < -0.3 is 16.2 Å². The summed E-state index contributed by atoms with van der Waals surface area (Å²) < 4.78 is 26.9. The predicted octanol–water partition coefficient (Wildman–Crippen LogP) is 0.411. The van der Waals surface area contributed by atoms with Crippen LogP contribution in [0.3, 0.4) is 0 Å². The van der Waals surface area contributed by atoms with Crippen molar-refractivity contribution in [2.75, 3.05) is 16.6 Å². The number of carbonyl (C=O) groups is 2. The summed E-state index contributed by atoms with van der Waals surface area (Å²) in [7, 11) is -4.15. The van der Waals surface area contributed by atoms with Crippen LogP contribution in [-0.2, 0) is 14.8 Å². The van der Waals surface area contributed by atoms with E-state index in [0.29, 0.717) is 0 Å². The summed E-state index contributed by atoms with van der Waals surface area (Å²) in [5.41, 5.74) is 5.95. The standard InChI is InChI=1S/C13H11N5O5S2/c14-4-7-3-8(1-2-9(7)17-10(19)5-15)25(22,23)18-12-11(13(20)21)16-6-24-12/h1-3,6,18H,5,15H2,(H,17,19)(H,20,21). The van der Waals surface area contributed by atoms with Gasteiger partial charge >= 0.3 is 5.97 Å². The molecule has 1 amide bonds. The van der Waals surface area contributed by atoms with E-state index in [9.17, 15) is 18.0 Å². The maximum atomic E-state index is 12.4. The van der Waals surface area contributed by atoms with Gasteiger partial charge in [0.25, 0.3) is 10.0 Å². The van der Waals surface area contributed by atoms with Gasteiger partial charge in [0.05, 0.1) is 28.2 Å². The van der Waals surface area contributed by atoms with Crippen LogP contribution in [0.2, 0.25) is 0 Å². The highest BCUT2D eigenvalue weighted by Gasteiger charge is 2.22. The van der Waals surface area contributed by atoms with Crippen molar-refractivity contribution >= 4 is 43.9 Å². The Hall–Kier alpha value is -3.01. The number of rotatable bonds is 6. The molecule has 1 aromatic carbocycles. The Morgan fingerprint density at radius 2 is 2.12 bits per heavy atom. The van der Waals surface area contributed by atoms with E-state index in [1.807, 2.05) is 0 Å². The van der Waals surface area contributed by atoms with Crippen LogP contribution in [0.15, 0.2) is 28.6 Å². The maximum Gasteiger partial charge on any atom is 0.357 e. The molecule has 0 fully saturated rings. The molecule has 0 bridgehead atoms. The fourth-order valence-corrected chi connectivity index (χ4v) is 3.76. The molecular weight excluding hydrogens is 370 g/mol. The highest BCUT2D eigenvalue weighted by Crippen LogP contribution is 2.26. The van der Waals surface area contributed by atoms with Crippen LogP contribution in [0.4, 0.5) is 10.7 Å². The molecule has 0 unspecified atom stereocenters. The fourth-order valence-electron chi connectivity index (χ4n) is 1.75. The van der Waals surface area contributed by atoms with Gasteiger partial charge in [-0.25, -0.2) is 18.2 Å². The zero-order chi connectivity index (χ0) is 18.6. The molecule has 1 aromatic heterocycles. The lowest BCUT2D eigenvalue weighted by atomic mass is 10.2. The van der Waals surface area contributed by atoms with Crippen LogP contribution < -0.4 is 15.8 Å². The summed E-state index contributed by atoms with van der Waals surface area (Å²) in [6.45, 7) is -0.296. The minimum atomic E-state index is -4.15. The molecule has 1 heterocycles. The predicted molar refractivity (Wildman–Crippen MR) is 88.7 cm³/mol. The van der Waals surface area contributed by atoms with Crippen molar-refractivity contribution in [1.29, 1.82) is 5.26 Å². The van der Waals surface area contributed by atoms with Crippen LogP contribution in [-0.4, -0.2) is 36.9 Å². The van der Waals surface area contributed by atoms with Gasteiger partial charge in [0.1, 0.15) is 11.1 Å². The Morgan fingerprint density at radius 1 is 1.40 bits per heavy atom. The maximum absolute atomic E-state index is 12.4. The largest absolute Gasteiger partial charge is 0.476 e. The molecule has 2 aromatic rings. The van der Waals surface area contributed by atoms with Gasteiger partial charge in [0.15, 0.2) is 5.69 Å². The molecule has 0 aliphatic heterocycles. The molecule has 0 saturated carbocycles. The number of aromatic carboxylic acids is 1. The number of hydrogen-bond acceptors (Lipinski definition) is 8. The average molecular weight is 381 g/mol. The first-order valence-corrected chi connectivity index (χ1v) is 8.88. The summed E-state index contributed by atoms with van der Waals surface area (Å²) in [5, 5.41) is 20.3. The van der Waals surface area contributed by atoms with Crippen LogP contribution in [0.5, 0.6) is 0 Å². The number of nitrogens with zero attached hydrogens (tertiary/aromatic N) is 2. The smallest absolute Gasteiger partial charge is 0.357 e. The van der Waals surface area contributed by atoms with Gasteiger partial charge in [0.2, 0.25) is 5.91 Å². The number of anilines is 2. The van der Waals surface area contributed by atoms with E-state index in [4.69, 9.17) is 16.1 Å². The van der Waals surface area contributed by atoms with E-state index < -0.39 is 27.6 Å². The first-order chi connectivity index (χ1) is 11.8. The monoisotopic (exact) mass is 381 g/mol. The van der Waals surface area contributed by atoms with Crippen molar-refractivity contribution in [1.82, 2.24) is 4.98 Å². The van der Waals surface area contributed by atoms with Gasteiger partial charge in [-0.1, -0.05) is 0 Å². The van der Waals surface area contributed by atoms with E-state index >= 15 is 0 Å². The number of aromatic nitrogens is 1. The number of hydrogen-bond donors (Lipinski definition) is 4. The Bertz CT molecular complexity index is 977. The van der Waals surface area contributed by atoms with Crippen molar-refractivity contribution in [2.45, 2.75) is 4.90 Å². The van der Waals surface area contributed by atoms with Crippen LogP contribution in [0.25, 0.3) is 0 Å². The minimum absolute atomic E-state index is 0.0903. The van der Waals surface area contributed by atoms with Crippen LogP contribution in [0, 0.1) is 11.3 Å². The number of carboxylic acid groups (broad SMARTS) is 1. The SMILES string of the molecule is N#Cc1cc(S(=O)(=O)Nc2scnc2C(=O)O)ccc1NC(=O)CN. The highest BCUT2D eigenvalue weighted by atomic mass is 32.2. The third-order valence-corrected chi connectivity index (χ3v) is 5.10. The second-order valence-corrected chi connectivity index (χ2v) is 7.05. The highest BCUT2D eigenvalue weighted by molar-refractivity contribution is 7.93. The third-order valence-electron chi connectivity index (χ3n) is 2.88. The van der Waals surface area contributed by atoms with Crippen LogP contribution >= 0.6 is 11.3 Å². The van der Waals surface area contributed by atoms with Crippen molar-refractivity contribution in [3.05, 3.63) is 35.0 Å². The van der Waals surface area contributed by atoms with Crippen LogP contribution in [0.1, 0.15) is 16.1 Å². The van der Waals surface area contributed by atoms with Gasteiger partial charge in [-0.15, -0.1) is 11.3 Å². The number of thiazole rings is 1. The van der Waals surface area contributed by atoms with E-state index in [-0.39, 0.29) is 27.7 Å². The Labute approximate surface area is 146 Å². The molecule has 25 heavy (non-hydrogen) atoms. The average Bonchev–Trinajstić information content (AvgIpc) is 3.02. The fraction of sp³-hybridized carbons (Fsp3) is 0.0769. The number of carbonyl (C=O) groups excluding carboxylic acids is 1. The van der Waals surface area contributed by atoms with Gasteiger partial charge in [-0.05, 0) is 18.2 Å². The molecule has 130 valence electrons. The van der Waals surface area contributed by atoms with Crippen molar-refractivity contribution in [2.24, 2.45) is 5.73 Å². The molecule has 12 heteroatoms. The lowest BCUT2D eigenvalue weighted by molar-refractivity contribution is -0.114. The lowest BCUT2D eigenvalue weighted by Crippen LogP contribution is -2.22. The Morgan fingerprint density at radius 3 is 2.72 bits per heavy atom.